The summed E-state index contributed by atoms with van der Waals surface area (Å²) in [6.45, 7) is 0. The molecule has 0 saturated carbocycles. The second-order valence-corrected chi connectivity index (χ2v) is 0.623. The van der Waals surface area contributed by atoms with Gasteiger partial charge in [0.05, 0.1) is 0 Å². The van der Waals surface area contributed by atoms with Crippen molar-refractivity contribution >= 4 is 12.4 Å². The van der Waals surface area contributed by atoms with Crippen LogP contribution in [0.15, 0.2) is 0 Å². The maximum absolute atomic E-state index is 10.5. The normalized spacial score (nSPS) is 7.75. The van der Waals surface area contributed by atoms with Gasteiger partial charge in [-0.25, -0.2) is 5.92 Å². The molecule has 0 aromatic heterocycles. The van der Waals surface area contributed by atoms with Gasteiger partial charge in [0.25, 0.3) is 0 Å². The van der Waals surface area contributed by atoms with E-state index in [2.05, 4.69) is 0 Å². The van der Waals surface area contributed by atoms with Crippen LogP contribution >= 0.6 is 12.4 Å². The standard InChI is InChI=1S/C3F3.ClH.Zn/c1-2-3(4,5)6;;/h;1H;/q-1;;. The number of alkyl halides is 3. The van der Waals surface area contributed by atoms with Gasteiger partial charge in [-0.1, -0.05) is 0 Å². The molecule has 0 aromatic rings. The van der Waals surface area contributed by atoms with E-state index in [0.29, 0.717) is 5.92 Å². The molecule has 0 spiro atoms. The molecule has 0 aliphatic rings. The van der Waals surface area contributed by atoms with Gasteiger partial charge in [-0.3, -0.25) is 0 Å². The van der Waals surface area contributed by atoms with Crippen LogP contribution in [0.4, 0.5) is 13.2 Å². The van der Waals surface area contributed by atoms with Crippen LogP contribution in [0.1, 0.15) is 0 Å². The fourth-order valence-electron chi connectivity index (χ4n) is 0. The molecule has 5 heteroatoms. The smallest absolute Gasteiger partial charge is 0.418 e. The van der Waals surface area contributed by atoms with Crippen LogP contribution in [0, 0.1) is 12.3 Å². The molecule has 0 atom stereocenters. The Labute approximate surface area is 64.0 Å². The predicted octanol–water partition coefficient (Wildman–Crippen LogP) is 1.56. The third-order valence-corrected chi connectivity index (χ3v) is 0.142. The molecule has 0 fully saturated rings. The van der Waals surface area contributed by atoms with Gasteiger partial charge in [-0.05, 0) is 0 Å². The first-order valence-electron chi connectivity index (χ1n) is 1.07. The molecule has 0 aliphatic carbocycles. The second-order valence-electron chi connectivity index (χ2n) is 0.623. The Morgan fingerprint density at radius 2 is 1.38 bits per heavy atom. The van der Waals surface area contributed by atoms with Gasteiger partial charge in [0.15, 0.2) is 0 Å². The van der Waals surface area contributed by atoms with Crippen LogP contribution in [-0.4, -0.2) is 6.18 Å². The molecule has 0 bridgehead atoms. The summed E-state index contributed by atoms with van der Waals surface area (Å²) in [4.78, 5) is 0. The molecule has 8 heavy (non-hydrogen) atoms. The quantitative estimate of drug-likeness (QED) is 0.312. The molecule has 0 amide bonds. The first-order valence-corrected chi connectivity index (χ1v) is 1.07. The van der Waals surface area contributed by atoms with Crippen molar-refractivity contribution in [3.05, 3.63) is 6.42 Å². The van der Waals surface area contributed by atoms with Crippen LogP contribution in [0.25, 0.3) is 0 Å². The average Bonchev–Trinajstić information content (AvgIpc) is 1.35. The maximum Gasteiger partial charge on any atom is 0.418 e. The Hall–Kier alpha value is 0.263. The SMILES string of the molecule is Cl.[C-]#CC(F)(F)F.[Zn]. The van der Waals surface area contributed by atoms with E-state index in [-0.39, 0.29) is 31.9 Å². The van der Waals surface area contributed by atoms with Crippen molar-refractivity contribution in [1.82, 2.24) is 0 Å². The van der Waals surface area contributed by atoms with E-state index < -0.39 is 6.18 Å². The Kier molecular flexibility index (Phi) is 10.6. The first kappa shape index (κ1) is 15.7. The molecule has 0 heterocycles. The summed E-state index contributed by atoms with van der Waals surface area (Å²) in [7, 11) is 0. The van der Waals surface area contributed by atoms with Gasteiger partial charge in [0.1, 0.15) is 0 Å². The van der Waals surface area contributed by atoms with Crippen molar-refractivity contribution in [1.29, 1.82) is 0 Å². The van der Waals surface area contributed by atoms with Gasteiger partial charge in [-0.15, -0.1) is 12.4 Å². The van der Waals surface area contributed by atoms with Crippen LogP contribution in [0.2, 0.25) is 0 Å². The molecule has 0 nitrogen and oxygen atoms in total. The molecule has 0 aliphatic heterocycles. The zero-order valence-corrected chi connectivity index (χ0v) is 7.53. The number of halogens is 4. The molecular formula is C3HClF3Zn-. The topological polar surface area (TPSA) is 0 Å². The summed E-state index contributed by atoms with van der Waals surface area (Å²) in [6, 6.07) is 0. The molecule has 0 saturated heterocycles. The van der Waals surface area contributed by atoms with Gasteiger partial charge in [0.2, 0.25) is 0 Å². The van der Waals surface area contributed by atoms with Crippen molar-refractivity contribution in [2.45, 2.75) is 6.18 Å². The summed E-state index contributed by atoms with van der Waals surface area (Å²) < 4.78 is 31.5. The third kappa shape index (κ3) is 16.3. The minimum atomic E-state index is -4.54. The van der Waals surface area contributed by atoms with Gasteiger partial charge in [0, 0.05) is 19.5 Å². The van der Waals surface area contributed by atoms with E-state index in [1.807, 2.05) is 0 Å². The monoisotopic (exact) mass is 193 g/mol. The Morgan fingerprint density at radius 1 is 1.25 bits per heavy atom. The van der Waals surface area contributed by atoms with E-state index in [1.54, 1.807) is 0 Å². The average molecular weight is 195 g/mol. The van der Waals surface area contributed by atoms with Crippen LogP contribution in [0.5, 0.6) is 0 Å². The van der Waals surface area contributed by atoms with Crippen molar-refractivity contribution in [2.24, 2.45) is 0 Å². The van der Waals surface area contributed by atoms with Crippen LogP contribution < -0.4 is 0 Å². The Balaban J connectivity index is -0.000000125. The van der Waals surface area contributed by atoms with Crippen molar-refractivity contribution in [3.63, 3.8) is 0 Å². The summed E-state index contributed by atoms with van der Waals surface area (Å²) >= 11 is 0. The second kappa shape index (κ2) is 5.40. The summed E-state index contributed by atoms with van der Waals surface area (Å²) in [5.74, 6) is 0.354. The first-order chi connectivity index (χ1) is 2.56. The zero-order valence-electron chi connectivity index (χ0n) is 3.75. The molecule has 0 rings (SSSR count). The minimum Gasteiger partial charge on any atom is -0.685 e. The number of rotatable bonds is 0. The minimum absolute atomic E-state index is 0. The molecular weight excluding hydrogens is 194 g/mol. The molecule has 0 unspecified atom stereocenters. The van der Waals surface area contributed by atoms with Gasteiger partial charge < -0.3 is 6.42 Å². The largest absolute Gasteiger partial charge is 0.685 e. The summed E-state index contributed by atoms with van der Waals surface area (Å²) in [5.41, 5.74) is 0. The van der Waals surface area contributed by atoms with E-state index in [0.717, 1.165) is 0 Å². The molecule has 44 valence electrons. The van der Waals surface area contributed by atoms with Gasteiger partial charge >= 0.3 is 6.18 Å². The molecule has 0 aromatic carbocycles. The summed E-state index contributed by atoms with van der Waals surface area (Å²) in [5, 5.41) is 0. The third-order valence-electron chi connectivity index (χ3n) is 0.142. The van der Waals surface area contributed by atoms with E-state index in [1.165, 1.54) is 0 Å². The Morgan fingerprint density at radius 3 is 1.38 bits per heavy atom. The Bertz CT molecular complexity index is 81.5. The van der Waals surface area contributed by atoms with Crippen LogP contribution in [-0.2, 0) is 19.5 Å². The van der Waals surface area contributed by atoms with E-state index in [9.17, 15) is 13.2 Å². The zero-order chi connectivity index (χ0) is 5.21. The van der Waals surface area contributed by atoms with Gasteiger partial charge in [-0.2, -0.15) is 13.2 Å². The molecule has 0 N–H and O–H groups in total. The summed E-state index contributed by atoms with van der Waals surface area (Å²) in [6.07, 6.45) is 0.938. The van der Waals surface area contributed by atoms with Crippen molar-refractivity contribution in [3.8, 4) is 5.92 Å². The number of hydrogen-bond acceptors (Lipinski definition) is 0. The number of hydrogen-bond donors (Lipinski definition) is 0. The van der Waals surface area contributed by atoms with Crippen molar-refractivity contribution < 1.29 is 32.6 Å². The van der Waals surface area contributed by atoms with E-state index >= 15 is 0 Å². The van der Waals surface area contributed by atoms with Crippen molar-refractivity contribution in [2.75, 3.05) is 0 Å². The maximum atomic E-state index is 10.5. The fraction of sp³-hybridized carbons (Fsp3) is 0.333. The van der Waals surface area contributed by atoms with Crippen LogP contribution in [0.3, 0.4) is 0 Å². The molecule has 0 radical (unpaired) electrons. The predicted molar refractivity (Wildman–Crippen MR) is 20.4 cm³/mol. The fourth-order valence-corrected chi connectivity index (χ4v) is 0. The van der Waals surface area contributed by atoms with E-state index in [4.69, 9.17) is 6.42 Å².